The normalized spacial score (nSPS) is 25.2. The second-order valence-electron chi connectivity index (χ2n) is 7.76. The average molecular weight is 471 g/mol. The molecule has 11 nitrogen and oxygen atoms in total. The summed E-state index contributed by atoms with van der Waals surface area (Å²) in [7, 11) is -4.61. The predicted octanol–water partition coefficient (Wildman–Crippen LogP) is -0.589. The van der Waals surface area contributed by atoms with Crippen molar-refractivity contribution in [3.63, 3.8) is 0 Å². The Morgan fingerprint density at radius 3 is 2.32 bits per heavy atom. The number of hydrogen-bond donors (Lipinski definition) is 3. The Bertz CT molecular complexity index is 1040. The molecule has 0 radical (unpaired) electrons. The number of benzene rings is 1. The number of carbonyl (C=O) groups is 4. The molecule has 2 saturated heterocycles. The minimum atomic E-state index is -4.61. The molecule has 0 aliphatic carbocycles. The third-order valence-corrected chi connectivity index (χ3v) is 7.74. The van der Waals surface area contributed by atoms with Gasteiger partial charge in [0.2, 0.25) is 17.7 Å². The van der Waals surface area contributed by atoms with Crippen LogP contribution in [0.1, 0.15) is 32.4 Å². The van der Waals surface area contributed by atoms with Gasteiger partial charge in [-0.15, -0.1) is 11.8 Å². The van der Waals surface area contributed by atoms with Crippen molar-refractivity contribution >= 4 is 45.7 Å². The van der Waals surface area contributed by atoms with Crippen molar-refractivity contribution in [3.8, 4) is 0 Å². The van der Waals surface area contributed by atoms with E-state index in [0.717, 1.165) is 6.92 Å². The Labute approximate surface area is 183 Å². The zero-order valence-corrected chi connectivity index (χ0v) is 18.5. The van der Waals surface area contributed by atoms with E-state index in [1.54, 1.807) is 32.0 Å². The van der Waals surface area contributed by atoms with Crippen molar-refractivity contribution in [2.24, 2.45) is 5.14 Å². The van der Waals surface area contributed by atoms with Crippen molar-refractivity contribution < 1.29 is 32.7 Å². The van der Waals surface area contributed by atoms with Crippen molar-refractivity contribution in [2.45, 2.75) is 49.0 Å². The largest absolute Gasteiger partial charge is 0.480 e. The number of aliphatic carboxylic acids is 1. The number of β-lactam (4-membered cyclic amide) rings is 1. The van der Waals surface area contributed by atoms with Gasteiger partial charge in [-0.1, -0.05) is 30.3 Å². The Kier molecular flexibility index (Phi) is 5.80. The van der Waals surface area contributed by atoms with Crippen molar-refractivity contribution in [3.05, 3.63) is 35.9 Å². The number of thioether (sulfide) groups is 1. The summed E-state index contributed by atoms with van der Waals surface area (Å²) in [5.41, 5.74) is 0.177. The second kappa shape index (κ2) is 7.80. The maximum absolute atomic E-state index is 13.1. The fourth-order valence-corrected chi connectivity index (χ4v) is 6.41. The third-order valence-electron chi connectivity index (χ3n) is 5.16. The summed E-state index contributed by atoms with van der Waals surface area (Å²) in [4.78, 5) is 50.7. The van der Waals surface area contributed by atoms with Crippen LogP contribution < -0.4 is 10.5 Å². The number of rotatable bonds is 6. The van der Waals surface area contributed by atoms with E-state index < -0.39 is 62.1 Å². The van der Waals surface area contributed by atoms with Gasteiger partial charge >= 0.3 is 16.2 Å². The molecule has 0 bridgehead atoms. The monoisotopic (exact) mass is 470 g/mol. The molecule has 4 N–H and O–H groups in total. The first-order chi connectivity index (χ1) is 14.3. The lowest BCUT2D eigenvalue weighted by Gasteiger charge is -2.44. The highest BCUT2D eigenvalue weighted by Crippen LogP contribution is 2.50. The highest BCUT2D eigenvalue weighted by atomic mass is 32.2. The fourth-order valence-electron chi connectivity index (χ4n) is 3.91. The number of amides is 3. The number of fused-ring (bicyclic) bond motifs is 1. The molecule has 1 aromatic carbocycles. The molecule has 4 atom stereocenters. The van der Waals surface area contributed by atoms with Gasteiger partial charge < -0.3 is 15.3 Å². The molecule has 2 heterocycles. The molecule has 168 valence electrons. The number of carboxylic acids is 1. The maximum atomic E-state index is 13.1. The number of carboxylic acid groups (broad SMARTS) is 1. The van der Waals surface area contributed by atoms with Gasteiger partial charge in [0.05, 0.1) is 0 Å². The quantitative estimate of drug-likeness (QED) is 0.464. The summed E-state index contributed by atoms with van der Waals surface area (Å²) in [6.45, 7) is 4.33. The molecular formula is C18H22N4O7S2. The van der Waals surface area contributed by atoms with Crippen LogP contribution in [0.5, 0.6) is 0 Å². The summed E-state index contributed by atoms with van der Waals surface area (Å²) >= 11 is 1.22. The number of nitrogens with zero attached hydrogens (tertiary/aromatic N) is 2. The number of carbonyl (C=O) groups excluding carboxylic acids is 3. The zero-order valence-electron chi connectivity index (χ0n) is 16.9. The predicted molar refractivity (Wildman–Crippen MR) is 110 cm³/mol. The lowest BCUT2D eigenvalue weighted by atomic mass is 9.95. The Balaban J connectivity index is 1.92. The standard InChI is InChI=1S/C18H22N4O7S2/c1-9(23)22(31(19,28)29)12(10-7-5-4-6-8-10)14(24)20-11-15(25)21-13(17(26)27)18(2,3)30-16(11)21/h4-8,11-13,16H,1-3H3,(H,20,24)(H,26,27)(H2,19,28,29)/t11-,12?,13+,16-/m1/s1. The third kappa shape index (κ3) is 4.00. The smallest absolute Gasteiger partial charge is 0.327 e. The molecule has 0 saturated carbocycles. The van der Waals surface area contributed by atoms with E-state index in [0.29, 0.717) is 0 Å². The van der Waals surface area contributed by atoms with E-state index in [2.05, 4.69) is 5.32 Å². The van der Waals surface area contributed by atoms with Crippen molar-refractivity contribution in [1.82, 2.24) is 14.5 Å². The zero-order chi connectivity index (χ0) is 23.3. The van der Waals surface area contributed by atoms with Crippen LogP contribution in [0.15, 0.2) is 30.3 Å². The van der Waals surface area contributed by atoms with Crippen LogP contribution in [0.3, 0.4) is 0 Å². The molecule has 1 aromatic rings. The van der Waals surface area contributed by atoms with Gasteiger partial charge in [-0.05, 0) is 19.4 Å². The van der Waals surface area contributed by atoms with Crippen molar-refractivity contribution in [1.29, 1.82) is 0 Å². The van der Waals surface area contributed by atoms with Crippen LogP contribution >= 0.6 is 11.8 Å². The van der Waals surface area contributed by atoms with E-state index in [-0.39, 0.29) is 9.87 Å². The van der Waals surface area contributed by atoms with E-state index in [4.69, 9.17) is 5.14 Å². The molecule has 31 heavy (non-hydrogen) atoms. The van der Waals surface area contributed by atoms with E-state index in [9.17, 15) is 32.7 Å². The van der Waals surface area contributed by atoms with Crippen LogP contribution in [0.2, 0.25) is 0 Å². The second-order valence-corrected chi connectivity index (χ2v) is 11.0. The van der Waals surface area contributed by atoms with Crippen LogP contribution in [0.25, 0.3) is 0 Å². The van der Waals surface area contributed by atoms with E-state index in [1.807, 2.05) is 0 Å². The van der Waals surface area contributed by atoms with Gasteiger partial charge in [-0.25, -0.2) is 14.2 Å². The highest BCUT2D eigenvalue weighted by molar-refractivity contribution is 8.01. The van der Waals surface area contributed by atoms with Crippen LogP contribution in [0, 0.1) is 0 Å². The van der Waals surface area contributed by atoms with Gasteiger partial charge in [0.25, 0.3) is 0 Å². The first kappa shape index (κ1) is 23.0. The molecular weight excluding hydrogens is 448 g/mol. The van der Waals surface area contributed by atoms with E-state index >= 15 is 0 Å². The molecule has 3 amide bonds. The van der Waals surface area contributed by atoms with Gasteiger partial charge in [-0.3, -0.25) is 14.4 Å². The number of nitrogens with one attached hydrogen (secondary N) is 1. The minimum Gasteiger partial charge on any atom is -0.480 e. The average Bonchev–Trinajstić information content (AvgIpc) is 2.91. The lowest BCUT2D eigenvalue weighted by Crippen LogP contribution is -2.71. The van der Waals surface area contributed by atoms with Gasteiger partial charge in [0.1, 0.15) is 17.5 Å². The number of hydrogen-bond acceptors (Lipinski definition) is 7. The lowest BCUT2D eigenvalue weighted by molar-refractivity contribution is -0.161. The van der Waals surface area contributed by atoms with Crippen LogP contribution in [-0.4, -0.2) is 68.6 Å². The van der Waals surface area contributed by atoms with Gasteiger partial charge in [0.15, 0.2) is 6.04 Å². The molecule has 3 rings (SSSR count). The Morgan fingerprint density at radius 2 is 1.84 bits per heavy atom. The maximum Gasteiger partial charge on any atom is 0.327 e. The van der Waals surface area contributed by atoms with Crippen LogP contribution in [-0.2, 0) is 29.4 Å². The summed E-state index contributed by atoms with van der Waals surface area (Å²) in [6.07, 6.45) is 0. The molecule has 0 spiro atoms. The van der Waals surface area contributed by atoms with Crippen LogP contribution in [0.4, 0.5) is 0 Å². The Morgan fingerprint density at radius 1 is 1.26 bits per heavy atom. The molecule has 1 unspecified atom stereocenters. The molecule has 13 heteroatoms. The number of nitrogens with two attached hydrogens (primary N) is 1. The molecule has 2 fully saturated rings. The minimum absolute atomic E-state index is 0.177. The highest BCUT2D eigenvalue weighted by Gasteiger charge is 2.64. The molecule has 2 aliphatic rings. The topological polar surface area (TPSA) is 167 Å². The fraction of sp³-hybridized carbons (Fsp3) is 0.444. The van der Waals surface area contributed by atoms with Gasteiger partial charge in [0, 0.05) is 11.7 Å². The molecule has 0 aromatic heterocycles. The van der Waals surface area contributed by atoms with Gasteiger partial charge in [-0.2, -0.15) is 8.42 Å². The summed E-state index contributed by atoms with van der Waals surface area (Å²) in [6, 6.07) is 3.89. The Hall–Kier alpha value is -2.64. The summed E-state index contributed by atoms with van der Waals surface area (Å²) in [5, 5.41) is 16.5. The first-order valence-corrected chi connectivity index (χ1v) is 11.6. The summed E-state index contributed by atoms with van der Waals surface area (Å²) < 4.78 is 23.6. The molecule has 2 aliphatic heterocycles. The summed E-state index contributed by atoms with van der Waals surface area (Å²) in [5.74, 6) is -3.65. The van der Waals surface area contributed by atoms with Crippen molar-refractivity contribution in [2.75, 3.05) is 0 Å². The van der Waals surface area contributed by atoms with E-state index in [1.165, 1.54) is 28.8 Å². The first-order valence-electron chi connectivity index (χ1n) is 9.18. The SMILES string of the molecule is CC(=O)N(C(C(=O)N[C@@H]1C(=O)N2[C@@H]1SC(C)(C)[C@@H]2C(=O)O)c1ccccc1)S(N)(=O)=O.